The molecule has 5 nitrogen and oxygen atoms in total. The molecule has 1 aromatic heterocycles. The van der Waals surface area contributed by atoms with E-state index in [1.165, 1.54) is 6.33 Å². The minimum Gasteiger partial charge on any atom is -0.481 e. The number of ether oxygens (including phenoxy) is 1. The molecule has 1 heterocycles. The van der Waals surface area contributed by atoms with E-state index in [-0.39, 0.29) is 0 Å². The first-order chi connectivity index (χ1) is 8.70. The van der Waals surface area contributed by atoms with Gasteiger partial charge in [0, 0.05) is 18.3 Å². The zero-order chi connectivity index (χ0) is 13.0. The van der Waals surface area contributed by atoms with Gasteiger partial charge in [-0.1, -0.05) is 12.1 Å². The smallest absolute Gasteiger partial charge is 0.218 e. The first kappa shape index (κ1) is 12.2. The molecule has 0 unspecified atom stereocenters. The van der Waals surface area contributed by atoms with E-state index < -0.39 is 0 Å². The molecule has 2 rings (SSSR count). The molecule has 0 aliphatic heterocycles. The standard InChI is InChI=1S/C13H16N4O/c1-9-10(4-3-5-11(9)14)7-15-12-6-13(18-2)17-8-16-12/h3-6,8H,7,14H2,1-2H3,(H,15,16,17). The van der Waals surface area contributed by atoms with Crippen molar-refractivity contribution in [3.63, 3.8) is 0 Å². The SMILES string of the molecule is COc1cc(NCc2cccc(N)c2C)ncn1. The van der Waals surface area contributed by atoms with Crippen LogP contribution < -0.4 is 15.8 Å². The van der Waals surface area contributed by atoms with Gasteiger partial charge < -0.3 is 15.8 Å². The number of hydrogen-bond donors (Lipinski definition) is 2. The molecule has 0 atom stereocenters. The number of nitrogens with one attached hydrogen (secondary N) is 1. The van der Waals surface area contributed by atoms with Crippen molar-refractivity contribution in [3.05, 3.63) is 41.7 Å². The van der Waals surface area contributed by atoms with E-state index in [1.807, 2.05) is 25.1 Å². The van der Waals surface area contributed by atoms with Gasteiger partial charge >= 0.3 is 0 Å². The molecule has 0 aliphatic carbocycles. The Morgan fingerprint density at radius 1 is 1.33 bits per heavy atom. The van der Waals surface area contributed by atoms with E-state index in [0.717, 1.165) is 22.6 Å². The summed E-state index contributed by atoms with van der Waals surface area (Å²) in [5, 5.41) is 3.22. The number of nitrogen functional groups attached to an aromatic ring is 1. The van der Waals surface area contributed by atoms with Gasteiger partial charge in [-0.05, 0) is 24.1 Å². The second-order valence-corrected chi connectivity index (χ2v) is 3.93. The Labute approximate surface area is 106 Å². The van der Waals surface area contributed by atoms with Gasteiger partial charge in [-0.15, -0.1) is 0 Å². The Morgan fingerprint density at radius 2 is 2.17 bits per heavy atom. The third kappa shape index (κ3) is 2.68. The van der Waals surface area contributed by atoms with Crippen molar-refractivity contribution in [3.8, 4) is 5.88 Å². The Hall–Kier alpha value is -2.30. The van der Waals surface area contributed by atoms with Gasteiger partial charge in [-0.2, -0.15) is 0 Å². The molecule has 94 valence electrons. The quantitative estimate of drug-likeness (QED) is 0.805. The van der Waals surface area contributed by atoms with Crippen molar-refractivity contribution in [2.24, 2.45) is 0 Å². The van der Waals surface area contributed by atoms with Crippen LogP contribution in [0.15, 0.2) is 30.6 Å². The maximum atomic E-state index is 5.86. The van der Waals surface area contributed by atoms with Crippen LogP contribution in [0.2, 0.25) is 0 Å². The lowest BCUT2D eigenvalue weighted by Crippen LogP contribution is -2.05. The van der Waals surface area contributed by atoms with Gasteiger partial charge in [0.15, 0.2) is 0 Å². The summed E-state index contributed by atoms with van der Waals surface area (Å²) in [6.07, 6.45) is 1.47. The minimum atomic E-state index is 0.539. The molecular formula is C13H16N4O. The maximum absolute atomic E-state index is 5.86. The van der Waals surface area contributed by atoms with E-state index in [9.17, 15) is 0 Å². The lowest BCUT2D eigenvalue weighted by molar-refractivity contribution is 0.397. The Morgan fingerprint density at radius 3 is 2.94 bits per heavy atom. The molecule has 0 spiro atoms. The number of nitrogens with zero attached hydrogens (tertiary/aromatic N) is 2. The number of aromatic nitrogens is 2. The van der Waals surface area contributed by atoms with Crippen LogP contribution in [0, 0.1) is 6.92 Å². The van der Waals surface area contributed by atoms with Crippen LogP contribution in [-0.2, 0) is 6.54 Å². The molecule has 5 heteroatoms. The van der Waals surface area contributed by atoms with Gasteiger partial charge in [0.2, 0.25) is 5.88 Å². The topological polar surface area (TPSA) is 73.1 Å². The van der Waals surface area contributed by atoms with E-state index in [0.29, 0.717) is 12.4 Å². The van der Waals surface area contributed by atoms with Crippen molar-refractivity contribution < 1.29 is 4.74 Å². The third-order valence-electron chi connectivity index (χ3n) is 2.80. The van der Waals surface area contributed by atoms with Crippen molar-refractivity contribution in [2.45, 2.75) is 13.5 Å². The molecule has 0 fully saturated rings. The number of methoxy groups -OCH3 is 1. The van der Waals surface area contributed by atoms with Gasteiger partial charge in [-0.25, -0.2) is 9.97 Å². The second-order valence-electron chi connectivity index (χ2n) is 3.93. The number of rotatable bonds is 4. The average molecular weight is 244 g/mol. The lowest BCUT2D eigenvalue weighted by Gasteiger charge is -2.10. The monoisotopic (exact) mass is 244 g/mol. The molecule has 0 saturated heterocycles. The van der Waals surface area contributed by atoms with Gasteiger partial charge in [-0.3, -0.25) is 0 Å². The van der Waals surface area contributed by atoms with Crippen LogP contribution >= 0.6 is 0 Å². The Balaban J connectivity index is 2.09. The molecule has 0 saturated carbocycles. The van der Waals surface area contributed by atoms with Crippen LogP contribution in [0.25, 0.3) is 0 Å². The zero-order valence-corrected chi connectivity index (χ0v) is 10.5. The third-order valence-corrected chi connectivity index (χ3v) is 2.80. The first-order valence-electron chi connectivity index (χ1n) is 5.64. The number of benzene rings is 1. The molecule has 2 aromatic rings. The normalized spacial score (nSPS) is 10.1. The Bertz CT molecular complexity index is 542. The fourth-order valence-electron chi connectivity index (χ4n) is 1.63. The molecule has 18 heavy (non-hydrogen) atoms. The largest absolute Gasteiger partial charge is 0.481 e. The van der Waals surface area contributed by atoms with E-state index in [1.54, 1.807) is 13.2 Å². The van der Waals surface area contributed by atoms with Gasteiger partial charge in [0.05, 0.1) is 7.11 Å². The summed E-state index contributed by atoms with van der Waals surface area (Å²) in [5.74, 6) is 1.26. The van der Waals surface area contributed by atoms with Crippen LogP contribution in [0.3, 0.4) is 0 Å². The number of hydrogen-bond acceptors (Lipinski definition) is 5. The summed E-state index contributed by atoms with van der Waals surface area (Å²) in [6, 6.07) is 7.63. The Kier molecular flexibility index (Phi) is 3.62. The highest BCUT2D eigenvalue weighted by Crippen LogP contribution is 2.17. The highest BCUT2D eigenvalue weighted by Gasteiger charge is 2.02. The molecular weight excluding hydrogens is 228 g/mol. The maximum Gasteiger partial charge on any atom is 0.218 e. The highest BCUT2D eigenvalue weighted by atomic mass is 16.5. The minimum absolute atomic E-state index is 0.539. The van der Waals surface area contributed by atoms with Crippen molar-refractivity contribution in [1.82, 2.24) is 9.97 Å². The van der Waals surface area contributed by atoms with Gasteiger partial charge in [0.25, 0.3) is 0 Å². The fraction of sp³-hybridized carbons (Fsp3) is 0.231. The predicted octanol–water partition coefficient (Wildman–Crippen LogP) is 1.99. The van der Waals surface area contributed by atoms with E-state index >= 15 is 0 Å². The van der Waals surface area contributed by atoms with E-state index in [2.05, 4.69) is 15.3 Å². The van der Waals surface area contributed by atoms with Crippen molar-refractivity contribution >= 4 is 11.5 Å². The predicted molar refractivity (Wildman–Crippen MR) is 71.5 cm³/mol. The second kappa shape index (κ2) is 5.35. The molecule has 0 aliphatic rings. The lowest BCUT2D eigenvalue weighted by atomic mass is 10.1. The summed E-state index contributed by atoms with van der Waals surface area (Å²) in [7, 11) is 1.58. The summed E-state index contributed by atoms with van der Waals surface area (Å²) >= 11 is 0. The van der Waals surface area contributed by atoms with Crippen LogP contribution in [0.1, 0.15) is 11.1 Å². The van der Waals surface area contributed by atoms with Crippen LogP contribution in [-0.4, -0.2) is 17.1 Å². The summed E-state index contributed by atoms with van der Waals surface area (Å²) in [4.78, 5) is 8.07. The number of anilines is 2. The summed E-state index contributed by atoms with van der Waals surface area (Å²) in [6.45, 7) is 2.67. The average Bonchev–Trinajstić information content (AvgIpc) is 2.41. The van der Waals surface area contributed by atoms with Crippen molar-refractivity contribution in [2.75, 3.05) is 18.2 Å². The molecule has 0 radical (unpaired) electrons. The van der Waals surface area contributed by atoms with Crippen molar-refractivity contribution in [1.29, 1.82) is 0 Å². The van der Waals surface area contributed by atoms with E-state index in [4.69, 9.17) is 10.5 Å². The molecule has 3 N–H and O–H groups in total. The molecule has 1 aromatic carbocycles. The molecule has 0 bridgehead atoms. The molecule has 0 amide bonds. The number of nitrogens with two attached hydrogens (primary N) is 1. The highest BCUT2D eigenvalue weighted by molar-refractivity contribution is 5.51. The van der Waals surface area contributed by atoms with Crippen LogP contribution in [0.4, 0.5) is 11.5 Å². The fourth-order valence-corrected chi connectivity index (χ4v) is 1.63. The van der Waals surface area contributed by atoms with Crippen LogP contribution in [0.5, 0.6) is 5.88 Å². The zero-order valence-electron chi connectivity index (χ0n) is 10.5. The summed E-state index contributed by atoms with van der Waals surface area (Å²) in [5.41, 5.74) is 8.90. The first-order valence-corrected chi connectivity index (χ1v) is 5.64. The summed E-state index contributed by atoms with van der Waals surface area (Å²) < 4.78 is 5.04. The van der Waals surface area contributed by atoms with Gasteiger partial charge in [0.1, 0.15) is 12.1 Å².